The van der Waals surface area contributed by atoms with Crippen molar-refractivity contribution in [3.05, 3.63) is 23.0 Å². The average molecular weight is 274 g/mol. The molecule has 1 saturated heterocycles. The third-order valence-electron chi connectivity index (χ3n) is 3.74. The van der Waals surface area contributed by atoms with E-state index in [-0.39, 0.29) is 11.9 Å². The van der Waals surface area contributed by atoms with Crippen molar-refractivity contribution in [1.29, 1.82) is 0 Å². The molecular weight excluding hydrogens is 256 g/mol. The lowest BCUT2D eigenvalue weighted by molar-refractivity contribution is 0.0657. The summed E-state index contributed by atoms with van der Waals surface area (Å²) in [5.74, 6) is 0.0285. The molecule has 3 rings (SSSR count). The molecule has 0 spiro atoms. The highest BCUT2D eigenvalue weighted by Crippen LogP contribution is 2.24. The summed E-state index contributed by atoms with van der Waals surface area (Å²) in [6, 6.07) is 2.00. The second-order valence-corrected chi connectivity index (χ2v) is 5.31. The van der Waals surface area contributed by atoms with Crippen LogP contribution < -0.4 is 5.32 Å². The van der Waals surface area contributed by atoms with Crippen molar-refractivity contribution in [2.45, 2.75) is 26.8 Å². The Morgan fingerprint density at radius 2 is 2.30 bits per heavy atom. The first-order valence-corrected chi connectivity index (χ1v) is 6.83. The van der Waals surface area contributed by atoms with Gasteiger partial charge in [0.25, 0.3) is 11.6 Å². The fraction of sp³-hybridized carbons (Fsp3) is 0.500. The molecular formula is C14H18N4O2. The highest BCUT2D eigenvalue weighted by atomic mass is 16.5. The lowest BCUT2D eigenvalue weighted by atomic mass is 10.1. The number of hydrogen-bond donors (Lipinski definition) is 1. The van der Waals surface area contributed by atoms with E-state index >= 15 is 0 Å². The van der Waals surface area contributed by atoms with E-state index in [0.717, 1.165) is 24.2 Å². The van der Waals surface area contributed by atoms with Crippen LogP contribution >= 0.6 is 0 Å². The van der Waals surface area contributed by atoms with Crippen molar-refractivity contribution >= 4 is 17.0 Å². The molecule has 1 aliphatic heterocycles. The molecule has 0 aromatic carbocycles. The van der Waals surface area contributed by atoms with Gasteiger partial charge in [-0.1, -0.05) is 5.16 Å². The van der Waals surface area contributed by atoms with Gasteiger partial charge in [-0.25, -0.2) is 4.98 Å². The molecule has 0 aliphatic carbocycles. The molecule has 1 fully saturated rings. The van der Waals surface area contributed by atoms with Crippen LogP contribution in [0.3, 0.4) is 0 Å². The number of piperazine rings is 1. The number of carbonyl (C=O) groups excluding carboxylic acids is 1. The normalized spacial score (nSPS) is 19.6. The third kappa shape index (κ3) is 2.06. The molecule has 0 saturated carbocycles. The Bertz CT molecular complexity index is 664. The number of fused-ring (bicyclic) bond motifs is 1. The van der Waals surface area contributed by atoms with E-state index in [4.69, 9.17) is 4.52 Å². The lowest BCUT2D eigenvalue weighted by Crippen LogP contribution is -2.52. The Kier molecular flexibility index (Phi) is 3.17. The number of hydrogen-bond acceptors (Lipinski definition) is 5. The fourth-order valence-corrected chi connectivity index (χ4v) is 2.68. The fourth-order valence-electron chi connectivity index (χ4n) is 2.68. The van der Waals surface area contributed by atoms with Crippen molar-refractivity contribution in [3.63, 3.8) is 0 Å². The summed E-state index contributed by atoms with van der Waals surface area (Å²) in [7, 11) is 0. The molecule has 106 valence electrons. The van der Waals surface area contributed by atoms with E-state index in [1.54, 1.807) is 0 Å². The first-order valence-electron chi connectivity index (χ1n) is 6.83. The predicted octanol–water partition coefficient (Wildman–Crippen LogP) is 1.27. The molecule has 0 bridgehead atoms. The molecule has 1 N–H and O–H groups in total. The van der Waals surface area contributed by atoms with Crippen LogP contribution in [0.2, 0.25) is 0 Å². The Balaban J connectivity index is 2.08. The molecule has 0 radical (unpaired) electrons. The summed E-state index contributed by atoms with van der Waals surface area (Å²) in [6.45, 7) is 8.10. The zero-order valence-corrected chi connectivity index (χ0v) is 11.9. The van der Waals surface area contributed by atoms with Gasteiger partial charge in [-0.2, -0.15) is 0 Å². The highest BCUT2D eigenvalue weighted by molar-refractivity contribution is 6.06. The van der Waals surface area contributed by atoms with Gasteiger partial charge in [0.05, 0.1) is 16.6 Å². The minimum Gasteiger partial charge on any atom is -0.336 e. The first-order chi connectivity index (χ1) is 9.58. The predicted molar refractivity (Wildman–Crippen MR) is 74.6 cm³/mol. The van der Waals surface area contributed by atoms with Gasteiger partial charge in [-0.3, -0.25) is 4.79 Å². The molecule has 6 nitrogen and oxygen atoms in total. The SMILES string of the molecule is Cc1cc(C(=O)N2CCNCC2C)c2c(C)noc2n1. The molecule has 1 atom stereocenters. The van der Waals surface area contributed by atoms with Crippen LogP contribution in [0, 0.1) is 13.8 Å². The van der Waals surface area contributed by atoms with Gasteiger partial charge in [0.2, 0.25) is 0 Å². The Labute approximate surface area is 117 Å². The van der Waals surface area contributed by atoms with Crippen LogP contribution in [0.25, 0.3) is 11.1 Å². The monoisotopic (exact) mass is 274 g/mol. The minimum absolute atomic E-state index is 0.0285. The van der Waals surface area contributed by atoms with Gasteiger partial charge in [0, 0.05) is 31.4 Å². The van der Waals surface area contributed by atoms with Gasteiger partial charge in [0.15, 0.2) is 0 Å². The van der Waals surface area contributed by atoms with Crippen LogP contribution in [-0.4, -0.2) is 46.6 Å². The number of nitrogens with one attached hydrogen (secondary N) is 1. The van der Waals surface area contributed by atoms with Crippen LogP contribution in [0.4, 0.5) is 0 Å². The largest absolute Gasteiger partial charge is 0.336 e. The number of rotatable bonds is 1. The molecule has 1 aliphatic rings. The number of amides is 1. The van der Waals surface area contributed by atoms with E-state index < -0.39 is 0 Å². The second kappa shape index (κ2) is 4.86. The first kappa shape index (κ1) is 13.1. The summed E-state index contributed by atoms with van der Waals surface area (Å²) in [6.07, 6.45) is 0. The summed E-state index contributed by atoms with van der Waals surface area (Å²) < 4.78 is 5.19. The summed E-state index contributed by atoms with van der Waals surface area (Å²) in [5, 5.41) is 7.94. The molecule has 2 aromatic rings. The quantitative estimate of drug-likeness (QED) is 0.848. The van der Waals surface area contributed by atoms with Crippen LogP contribution in [0.5, 0.6) is 0 Å². The van der Waals surface area contributed by atoms with Gasteiger partial charge >= 0.3 is 0 Å². The maximum atomic E-state index is 12.8. The van der Waals surface area contributed by atoms with Gasteiger partial charge in [0.1, 0.15) is 0 Å². The molecule has 3 heterocycles. The summed E-state index contributed by atoms with van der Waals surface area (Å²) >= 11 is 0. The lowest BCUT2D eigenvalue weighted by Gasteiger charge is -2.34. The molecule has 6 heteroatoms. The Morgan fingerprint density at radius 1 is 1.50 bits per heavy atom. The second-order valence-electron chi connectivity index (χ2n) is 5.31. The third-order valence-corrected chi connectivity index (χ3v) is 3.74. The van der Waals surface area contributed by atoms with Crippen LogP contribution in [0.1, 0.15) is 28.7 Å². The maximum absolute atomic E-state index is 12.8. The zero-order valence-electron chi connectivity index (χ0n) is 11.9. The van der Waals surface area contributed by atoms with E-state index in [0.29, 0.717) is 23.5 Å². The molecule has 1 amide bonds. The standard InChI is InChI=1S/C14H18N4O2/c1-8-6-11(12-10(3)17-20-13(12)16-8)14(19)18-5-4-15-7-9(18)2/h6,9,15H,4-5,7H2,1-3H3. The van der Waals surface area contributed by atoms with Crippen molar-refractivity contribution in [2.24, 2.45) is 0 Å². The number of aromatic nitrogens is 2. The minimum atomic E-state index is 0.0285. The van der Waals surface area contributed by atoms with E-state index in [2.05, 4.69) is 22.4 Å². The number of aryl methyl sites for hydroxylation is 2. The zero-order chi connectivity index (χ0) is 14.3. The topological polar surface area (TPSA) is 71.3 Å². The van der Waals surface area contributed by atoms with Gasteiger partial charge < -0.3 is 14.7 Å². The van der Waals surface area contributed by atoms with Crippen molar-refractivity contribution in [1.82, 2.24) is 20.4 Å². The van der Waals surface area contributed by atoms with Crippen LogP contribution in [0.15, 0.2) is 10.6 Å². The highest BCUT2D eigenvalue weighted by Gasteiger charge is 2.27. The van der Waals surface area contributed by atoms with E-state index in [1.165, 1.54) is 0 Å². The summed E-state index contributed by atoms with van der Waals surface area (Å²) in [5.41, 5.74) is 2.55. The molecule has 2 aromatic heterocycles. The van der Waals surface area contributed by atoms with Gasteiger partial charge in [-0.05, 0) is 26.8 Å². The molecule has 1 unspecified atom stereocenters. The van der Waals surface area contributed by atoms with Crippen molar-refractivity contribution in [3.8, 4) is 0 Å². The van der Waals surface area contributed by atoms with E-state index in [9.17, 15) is 4.79 Å². The smallest absolute Gasteiger partial charge is 0.258 e. The van der Waals surface area contributed by atoms with Gasteiger partial charge in [-0.15, -0.1) is 0 Å². The molecule has 20 heavy (non-hydrogen) atoms. The maximum Gasteiger partial charge on any atom is 0.258 e. The number of pyridine rings is 1. The van der Waals surface area contributed by atoms with E-state index in [1.807, 2.05) is 24.8 Å². The van der Waals surface area contributed by atoms with Crippen molar-refractivity contribution < 1.29 is 9.32 Å². The Hall–Kier alpha value is -1.95. The number of nitrogens with zero attached hydrogens (tertiary/aromatic N) is 3. The van der Waals surface area contributed by atoms with Crippen LogP contribution in [-0.2, 0) is 0 Å². The summed E-state index contributed by atoms with van der Waals surface area (Å²) in [4.78, 5) is 19.0. The number of carbonyl (C=O) groups is 1. The Morgan fingerprint density at radius 3 is 3.05 bits per heavy atom. The van der Waals surface area contributed by atoms with Crippen molar-refractivity contribution in [2.75, 3.05) is 19.6 Å². The average Bonchev–Trinajstić information content (AvgIpc) is 2.79.